The van der Waals surface area contributed by atoms with Crippen LogP contribution in [0, 0.1) is 0 Å². The van der Waals surface area contributed by atoms with Crippen LogP contribution < -0.4 is 14.8 Å². The van der Waals surface area contributed by atoms with Gasteiger partial charge in [0, 0.05) is 21.3 Å². The SMILES string of the molecule is CCOc1cc(/C=C2/SC(=O)N(CC(=O)Nc3ccc(C(C)C)cc3)C2=O)ccc1OCc1ccc(Cl)cc1Cl. The Morgan fingerprint density at radius 2 is 1.75 bits per heavy atom. The Bertz CT molecular complexity index is 1460. The van der Waals surface area contributed by atoms with Gasteiger partial charge in [-0.1, -0.05) is 61.3 Å². The van der Waals surface area contributed by atoms with Crippen molar-refractivity contribution in [2.75, 3.05) is 18.5 Å². The first-order chi connectivity index (χ1) is 19.1. The highest BCUT2D eigenvalue weighted by molar-refractivity contribution is 8.18. The van der Waals surface area contributed by atoms with Gasteiger partial charge in [-0.3, -0.25) is 19.3 Å². The van der Waals surface area contributed by atoms with Crippen molar-refractivity contribution in [2.45, 2.75) is 33.3 Å². The molecule has 1 aliphatic heterocycles. The van der Waals surface area contributed by atoms with Gasteiger partial charge in [-0.15, -0.1) is 0 Å². The van der Waals surface area contributed by atoms with Crippen LogP contribution in [0.2, 0.25) is 10.0 Å². The first-order valence-electron chi connectivity index (χ1n) is 12.6. The van der Waals surface area contributed by atoms with E-state index in [1.165, 1.54) is 0 Å². The van der Waals surface area contributed by atoms with E-state index in [1.807, 2.05) is 19.1 Å². The summed E-state index contributed by atoms with van der Waals surface area (Å²) in [6.45, 7) is 6.24. The summed E-state index contributed by atoms with van der Waals surface area (Å²) < 4.78 is 11.7. The second-order valence-electron chi connectivity index (χ2n) is 9.26. The third-order valence-corrected chi connectivity index (χ3v) is 7.49. The van der Waals surface area contributed by atoms with E-state index in [0.29, 0.717) is 45.3 Å². The third kappa shape index (κ3) is 7.38. The number of benzene rings is 3. The number of carbonyl (C=O) groups excluding carboxylic acids is 3. The van der Waals surface area contributed by atoms with Crippen molar-refractivity contribution in [3.63, 3.8) is 0 Å². The van der Waals surface area contributed by atoms with Crippen molar-refractivity contribution in [3.8, 4) is 11.5 Å². The fourth-order valence-corrected chi connectivity index (χ4v) is 5.18. The number of hydrogen-bond acceptors (Lipinski definition) is 6. The van der Waals surface area contributed by atoms with E-state index in [1.54, 1.807) is 54.6 Å². The molecule has 1 saturated heterocycles. The molecule has 208 valence electrons. The predicted molar refractivity (Wildman–Crippen MR) is 160 cm³/mol. The minimum atomic E-state index is -0.532. The van der Waals surface area contributed by atoms with Crippen molar-refractivity contribution >= 4 is 63.8 Å². The van der Waals surface area contributed by atoms with Crippen LogP contribution in [0.5, 0.6) is 11.5 Å². The molecule has 4 rings (SSSR count). The molecule has 10 heteroatoms. The molecule has 0 aromatic heterocycles. The molecular formula is C30H28Cl2N2O5S. The third-order valence-electron chi connectivity index (χ3n) is 6.00. The topological polar surface area (TPSA) is 84.9 Å². The summed E-state index contributed by atoms with van der Waals surface area (Å²) in [5, 5.41) is 3.26. The number of halogens is 2. The highest BCUT2D eigenvalue weighted by Crippen LogP contribution is 2.35. The molecule has 3 amide bonds. The molecule has 1 N–H and O–H groups in total. The lowest BCUT2D eigenvalue weighted by Gasteiger charge is -2.14. The molecule has 0 atom stereocenters. The molecule has 0 saturated carbocycles. The molecule has 3 aromatic carbocycles. The molecular weight excluding hydrogens is 571 g/mol. The van der Waals surface area contributed by atoms with E-state index in [4.69, 9.17) is 32.7 Å². The van der Waals surface area contributed by atoms with Crippen LogP contribution in [0.25, 0.3) is 6.08 Å². The number of carbonyl (C=O) groups is 3. The van der Waals surface area contributed by atoms with Crippen LogP contribution in [0.1, 0.15) is 43.4 Å². The number of hydrogen-bond donors (Lipinski definition) is 1. The first-order valence-corrected chi connectivity index (χ1v) is 14.2. The number of thioether (sulfide) groups is 1. The van der Waals surface area contributed by atoms with E-state index in [-0.39, 0.29) is 18.1 Å². The van der Waals surface area contributed by atoms with Crippen LogP contribution in [-0.2, 0) is 16.2 Å². The Kier molecular flexibility index (Phi) is 9.79. The predicted octanol–water partition coefficient (Wildman–Crippen LogP) is 7.77. The number of rotatable bonds is 10. The zero-order chi connectivity index (χ0) is 28.8. The summed E-state index contributed by atoms with van der Waals surface area (Å²) in [4.78, 5) is 39.3. The van der Waals surface area contributed by atoms with E-state index >= 15 is 0 Å². The quantitative estimate of drug-likeness (QED) is 0.240. The van der Waals surface area contributed by atoms with Gasteiger partial charge in [0.25, 0.3) is 11.1 Å². The van der Waals surface area contributed by atoms with Crippen molar-refractivity contribution in [1.82, 2.24) is 4.90 Å². The summed E-state index contributed by atoms with van der Waals surface area (Å²) in [5.74, 6) is 0.353. The lowest BCUT2D eigenvalue weighted by atomic mass is 10.0. The lowest BCUT2D eigenvalue weighted by Crippen LogP contribution is -2.36. The normalized spacial score (nSPS) is 14.2. The highest BCUT2D eigenvalue weighted by atomic mass is 35.5. The maximum atomic E-state index is 13.0. The number of anilines is 1. The van der Waals surface area contributed by atoms with E-state index < -0.39 is 17.1 Å². The summed E-state index contributed by atoms with van der Waals surface area (Å²) in [7, 11) is 0. The first kappa shape index (κ1) is 29.5. The van der Waals surface area contributed by atoms with Gasteiger partial charge in [0.1, 0.15) is 13.2 Å². The van der Waals surface area contributed by atoms with Gasteiger partial charge < -0.3 is 14.8 Å². The summed E-state index contributed by atoms with van der Waals surface area (Å²) in [6, 6.07) is 17.8. The Morgan fingerprint density at radius 3 is 2.42 bits per heavy atom. The van der Waals surface area contributed by atoms with Crippen molar-refractivity contribution < 1.29 is 23.9 Å². The fourth-order valence-electron chi connectivity index (χ4n) is 3.88. The standard InChI is InChI=1S/C30H28Cl2N2O5S/c1-4-38-26-13-19(5-12-25(26)39-17-21-6-9-22(31)15-24(21)32)14-27-29(36)34(30(37)40-27)16-28(35)33-23-10-7-20(8-11-23)18(2)3/h5-15,18H,4,16-17H2,1-3H3,(H,33,35)/b27-14+. The molecule has 1 heterocycles. The molecule has 0 radical (unpaired) electrons. The lowest BCUT2D eigenvalue weighted by molar-refractivity contribution is -0.127. The number of nitrogens with one attached hydrogen (secondary N) is 1. The molecule has 7 nitrogen and oxygen atoms in total. The fraction of sp³-hybridized carbons (Fsp3) is 0.233. The van der Waals surface area contributed by atoms with Gasteiger partial charge in [0.05, 0.1) is 11.5 Å². The maximum Gasteiger partial charge on any atom is 0.294 e. The highest BCUT2D eigenvalue weighted by Gasteiger charge is 2.36. The van der Waals surface area contributed by atoms with Crippen molar-refractivity contribution in [2.24, 2.45) is 0 Å². The summed E-state index contributed by atoms with van der Waals surface area (Å²) in [5.41, 5.74) is 3.15. The maximum absolute atomic E-state index is 13.0. The molecule has 0 spiro atoms. The van der Waals surface area contributed by atoms with Gasteiger partial charge in [0.15, 0.2) is 11.5 Å². The molecule has 1 fully saturated rings. The Labute approximate surface area is 247 Å². The van der Waals surface area contributed by atoms with Crippen molar-refractivity contribution in [3.05, 3.63) is 92.3 Å². The molecule has 0 bridgehead atoms. The van der Waals surface area contributed by atoms with E-state index in [9.17, 15) is 14.4 Å². The number of ether oxygens (including phenoxy) is 2. The minimum Gasteiger partial charge on any atom is -0.490 e. The zero-order valence-electron chi connectivity index (χ0n) is 22.2. The molecule has 1 aliphatic rings. The van der Waals surface area contributed by atoms with Crippen LogP contribution in [0.4, 0.5) is 10.5 Å². The van der Waals surface area contributed by atoms with Gasteiger partial charge in [-0.2, -0.15) is 0 Å². The zero-order valence-corrected chi connectivity index (χ0v) is 24.5. The molecule has 40 heavy (non-hydrogen) atoms. The Balaban J connectivity index is 1.43. The summed E-state index contributed by atoms with van der Waals surface area (Å²) in [6.07, 6.45) is 1.59. The van der Waals surface area contributed by atoms with Crippen LogP contribution in [-0.4, -0.2) is 35.1 Å². The van der Waals surface area contributed by atoms with Crippen molar-refractivity contribution in [1.29, 1.82) is 0 Å². The van der Waals surface area contributed by atoms with Gasteiger partial charge in [-0.05, 0) is 78.2 Å². The Morgan fingerprint density at radius 1 is 1.00 bits per heavy atom. The van der Waals surface area contributed by atoms with Crippen LogP contribution >= 0.6 is 35.0 Å². The minimum absolute atomic E-state index is 0.207. The second-order valence-corrected chi connectivity index (χ2v) is 11.1. The average Bonchev–Trinajstić information content (AvgIpc) is 3.16. The summed E-state index contributed by atoms with van der Waals surface area (Å²) >= 11 is 13.0. The Hall–Kier alpha value is -3.46. The molecule has 3 aromatic rings. The van der Waals surface area contributed by atoms with Gasteiger partial charge >= 0.3 is 0 Å². The molecule has 0 unspecified atom stereocenters. The smallest absolute Gasteiger partial charge is 0.294 e. The average molecular weight is 600 g/mol. The van der Waals surface area contributed by atoms with E-state index in [2.05, 4.69) is 19.2 Å². The van der Waals surface area contributed by atoms with Gasteiger partial charge in [-0.25, -0.2) is 0 Å². The van der Waals surface area contributed by atoms with Crippen LogP contribution in [0.3, 0.4) is 0 Å². The number of nitrogens with zero attached hydrogens (tertiary/aromatic N) is 1. The monoisotopic (exact) mass is 598 g/mol. The molecule has 0 aliphatic carbocycles. The second kappa shape index (κ2) is 13.3. The van der Waals surface area contributed by atoms with E-state index in [0.717, 1.165) is 27.8 Å². The number of amides is 3. The van der Waals surface area contributed by atoms with Crippen LogP contribution in [0.15, 0.2) is 65.6 Å². The number of imide groups is 1. The largest absolute Gasteiger partial charge is 0.490 e. The van der Waals surface area contributed by atoms with Gasteiger partial charge in [0.2, 0.25) is 5.91 Å².